The zero-order chi connectivity index (χ0) is 17.5. The molecule has 0 saturated carbocycles. The molecule has 3 N–H and O–H groups in total. The number of nitrogens with one attached hydrogen (secondary N) is 3. The molecule has 0 aliphatic heterocycles. The fourth-order valence-corrected chi connectivity index (χ4v) is 2.24. The molecule has 0 aliphatic rings. The topological polar surface area (TPSA) is 79.5 Å². The molecule has 0 aromatic heterocycles. The number of amides is 2. The SMILES string of the molecule is COc1ccc(NC(C)=O)cc1NCC(=O)Nc1ccccc1Cl. The molecule has 2 amide bonds. The minimum Gasteiger partial charge on any atom is -0.495 e. The quantitative estimate of drug-likeness (QED) is 0.748. The average molecular weight is 348 g/mol. The smallest absolute Gasteiger partial charge is 0.243 e. The summed E-state index contributed by atoms with van der Waals surface area (Å²) >= 11 is 6.01. The molecule has 0 saturated heterocycles. The van der Waals surface area contributed by atoms with Gasteiger partial charge in [-0.2, -0.15) is 0 Å². The molecule has 24 heavy (non-hydrogen) atoms. The highest BCUT2D eigenvalue weighted by molar-refractivity contribution is 6.33. The number of benzene rings is 2. The molecule has 0 radical (unpaired) electrons. The lowest BCUT2D eigenvalue weighted by atomic mass is 10.2. The first-order valence-electron chi connectivity index (χ1n) is 7.23. The minimum absolute atomic E-state index is 0.0190. The van der Waals surface area contributed by atoms with Crippen LogP contribution in [0.25, 0.3) is 0 Å². The maximum atomic E-state index is 12.1. The normalized spacial score (nSPS) is 9.96. The zero-order valence-electron chi connectivity index (χ0n) is 13.4. The van der Waals surface area contributed by atoms with Crippen molar-refractivity contribution in [1.82, 2.24) is 0 Å². The second-order valence-electron chi connectivity index (χ2n) is 4.98. The molecule has 2 aromatic carbocycles. The lowest BCUT2D eigenvalue weighted by molar-refractivity contribution is -0.115. The van der Waals surface area contributed by atoms with Gasteiger partial charge in [-0.3, -0.25) is 9.59 Å². The highest BCUT2D eigenvalue weighted by Gasteiger charge is 2.09. The fourth-order valence-electron chi connectivity index (χ4n) is 2.06. The van der Waals surface area contributed by atoms with Crippen molar-refractivity contribution in [2.75, 3.05) is 29.6 Å². The molecule has 2 rings (SSSR count). The number of ether oxygens (including phenoxy) is 1. The average Bonchev–Trinajstić information content (AvgIpc) is 2.55. The van der Waals surface area contributed by atoms with Crippen LogP contribution in [-0.4, -0.2) is 25.5 Å². The minimum atomic E-state index is -0.255. The van der Waals surface area contributed by atoms with Gasteiger partial charge in [0.15, 0.2) is 0 Å². The zero-order valence-corrected chi connectivity index (χ0v) is 14.1. The van der Waals surface area contributed by atoms with Gasteiger partial charge in [0.25, 0.3) is 0 Å². The first-order valence-corrected chi connectivity index (χ1v) is 7.61. The van der Waals surface area contributed by atoms with Crippen molar-refractivity contribution in [2.45, 2.75) is 6.92 Å². The molecule has 0 unspecified atom stereocenters. The van der Waals surface area contributed by atoms with E-state index in [4.69, 9.17) is 16.3 Å². The van der Waals surface area contributed by atoms with Crippen molar-refractivity contribution in [3.63, 3.8) is 0 Å². The molecule has 0 spiro atoms. The van der Waals surface area contributed by atoms with E-state index in [9.17, 15) is 9.59 Å². The molecule has 0 atom stereocenters. The summed E-state index contributed by atoms with van der Waals surface area (Å²) in [5, 5.41) is 8.85. The Hall–Kier alpha value is -2.73. The largest absolute Gasteiger partial charge is 0.495 e. The second kappa shape index (κ2) is 8.21. The van der Waals surface area contributed by atoms with Gasteiger partial charge in [-0.05, 0) is 30.3 Å². The molecular weight excluding hydrogens is 330 g/mol. The van der Waals surface area contributed by atoms with Gasteiger partial charge in [-0.25, -0.2) is 0 Å². The number of hydrogen-bond acceptors (Lipinski definition) is 4. The first kappa shape index (κ1) is 17.6. The molecule has 126 valence electrons. The van der Waals surface area contributed by atoms with Crippen LogP contribution in [0.5, 0.6) is 5.75 Å². The molecule has 7 heteroatoms. The fraction of sp³-hybridized carbons (Fsp3) is 0.176. The van der Waals surface area contributed by atoms with Crippen LogP contribution in [0.15, 0.2) is 42.5 Å². The maximum Gasteiger partial charge on any atom is 0.243 e. The van der Waals surface area contributed by atoms with E-state index in [-0.39, 0.29) is 18.4 Å². The van der Waals surface area contributed by atoms with E-state index in [0.717, 1.165) is 0 Å². The third-order valence-electron chi connectivity index (χ3n) is 3.11. The Morgan fingerprint density at radius 1 is 1.08 bits per heavy atom. The predicted octanol–water partition coefficient (Wildman–Crippen LogP) is 3.36. The van der Waals surface area contributed by atoms with Crippen LogP contribution in [0.1, 0.15) is 6.92 Å². The van der Waals surface area contributed by atoms with Gasteiger partial charge in [0, 0.05) is 12.6 Å². The Morgan fingerprint density at radius 2 is 1.83 bits per heavy atom. The number of carbonyl (C=O) groups excluding carboxylic acids is 2. The number of para-hydroxylation sites is 1. The van der Waals surface area contributed by atoms with E-state index in [2.05, 4.69) is 16.0 Å². The Kier molecular flexibility index (Phi) is 6.03. The van der Waals surface area contributed by atoms with E-state index >= 15 is 0 Å². The summed E-state index contributed by atoms with van der Waals surface area (Å²) in [6, 6.07) is 12.1. The molecule has 0 heterocycles. The van der Waals surface area contributed by atoms with Crippen LogP contribution >= 0.6 is 11.6 Å². The van der Waals surface area contributed by atoms with Crippen molar-refractivity contribution >= 4 is 40.5 Å². The van der Waals surface area contributed by atoms with Crippen LogP contribution in [-0.2, 0) is 9.59 Å². The van der Waals surface area contributed by atoms with Crippen LogP contribution in [0.3, 0.4) is 0 Å². The summed E-state index contributed by atoms with van der Waals surface area (Å²) in [6.45, 7) is 1.44. The summed E-state index contributed by atoms with van der Waals surface area (Å²) in [5.74, 6) is 0.132. The van der Waals surface area contributed by atoms with Crippen LogP contribution in [0.4, 0.5) is 17.1 Å². The summed E-state index contributed by atoms with van der Waals surface area (Å²) in [4.78, 5) is 23.2. The Bertz CT molecular complexity index is 750. The lowest BCUT2D eigenvalue weighted by Crippen LogP contribution is -2.22. The number of hydrogen-bond donors (Lipinski definition) is 3. The first-order chi connectivity index (χ1) is 11.5. The van der Waals surface area contributed by atoms with Gasteiger partial charge in [-0.1, -0.05) is 23.7 Å². The van der Waals surface area contributed by atoms with Gasteiger partial charge in [0.1, 0.15) is 5.75 Å². The molecule has 0 aliphatic carbocycles. The summed E-state index contributed by atoms with van der Waals surface area (Å²) in [7, 11) is 1.53. The Morgan fingerprint density at radius 3 is 2.50 bits per heavy atom. The molecule has 6 nitrogen and oxygen atoms in total. The number of rotatable bonds is 6. The predicted molar refractivity (Wildman–Crippen MR) is 95.9 cm³/mol. The standard InChI is InChI=1S/C17H18ClN3O3/c1-11(22)20-12-7-8-16(24-2)15(9-12)19-10-17(23)21-14-6-4-3-5-13(14)18/h3-9,19H,10H2,1-2H3,(H,20,22)(H,21,23). The number of halogens is 1. The van der Waals surface area contributed by atoms with Gasteiger partial charge < -0.3 is 20.7 Å². The van der Waals surface area contributed by atoms with Crippen LogP contribution < -0.4 is 20.7 Å². The number of methoxy groups -OCH3 is 1. The van der Waals surface area contributed by atoms with E-state index < -0.39 is 0 Å². The van der Waals surface area contributed by atoms with E-state index in [1.165, 1.54) is 14.0 Å². The van der Waals surface area contributed by atoms with Crippen molar-refractivity contribution in [3.05, 3.63) is 47.5 Å². The Balaban J connectivity index is 2.03. The van der Waals surface area contributed by atoms with Crippen molar-refractivity contribution in [3.8, 4) is 5.75 Å². The highest BCUT2D eigenvalue weighted by atomic mass is 35.5. The van der Waals surface area contributed by atoms with Crippen LogP contribution in [0.2, 0.25) is 5.02 Å². The third kappa shape index (κ3) is 4.89. The van der Waals surface area contributed by atoms with Crippen molar-refractivity contribution < 1.29 is 14.3 Å². The van der Waals surface area contributed by atoms with Gasteiger partial charge in [0.2, 0.25) is 11.8 Å². The van der Waals surface area contributed by atoms with E-state index in [1.807, 2.05) is 0 Å². The number of carbonyl (C=O) groups is 2. The lowest BCUT2D eigenvalue weighted by Gasteiger charge is -2.13. The van der Waals surface area contributed by atoms with E-state index in [0.29, 0.717) is 27.8 Å². The number of anilines is 3. The maximum absolute atomic E-state index is 12.1. The third-order valence-corrected chi connectivity index (χ3v) is 3.44. The molecule has 0 bridgehead atoms. The summed E-state index contributed by atoms with van der Waals surface area (Å²) in [6.07, 6.45) is 0. The van der Waals surface area contributed by atoms with E-state index in [1.54, 1.807) is 42.5 Å². The Labute approximate surface area is 145 Å². The van der Waals surface area contributed by atoms with Gasteiger partial charge in [-0.15, -0.1) is 0 Å². The molecule has 2 aromatic rings. The summed E-state index contributed by atoms with van der Waals surface area (Å²) in [5.41, 5.74) is 1.75. The van der Waals surface area contributed by atoms with Crippen molar-refractivity contribution in [1.29, 1.82) is 0 Å². The monoisotopic (exact) mass is 347 g/mol. The molecule has 0 fully saturated rings. The van der Waals surface area contributed by atoms with Crippen LogP contribution in [0, 0.1) is 0 Å². The summed E-state index contributed by atoms with van der Waals surface area (Å²) < 4.78 is 5.25. The second-order valence-corrected chi connectivity index (χ2v) is 5.39. The highest BCUT2D eigenvalue weighted by Crippen LogP contribution is 2.28. The van der Waals surface area contributed by atoms with Gasteiger partial charge in [0.05, 0.1) is 30.1 Å². The molecular formula is C17H18ClN3O3. The van der Waals surface area contributed by atoms with Crippen molar-refractivity contribution in [2.24, 2.45) is 0 Å². The van der Waals surface area contributed by atoms with Gasteiger partial charge >= 0.3 is 0 Å².